The van der Waals surface area contributed by atoms with E-state index in [9.17, 15) is 0 Å². The van der Waals surface area contributed by atoms with Gasteiger partial charge in [-0.15, -0.1) is 11.3 Å². The second-order valence-electron chi connectivity index (χ2n) is 6.42. The lowest BCUT2D eigenvalue weighted by atomic mass is 10.0. The Balaban J connectivity index is 1.65. The minimum Gasteiger partial charge on any atom is -0.488 e. The van der Waals surface area contributed by atoms with Crippen LogP contribution in [0.2, 0.25) is 0 Å². The average Bonchev–Trinajstić information content (AvgIpc) is 3.16. The zero-order valence-corrected chi connectivity index (χ0v) is 15.4. The van der Waals surface area contributed by atoms with Gasteiger partial charge < -0.3 is 4.74 Å². The highest BCUT2D eigenvalue weighted by atomic mass is 32.1. The third-order valence-corrected chi connectivity index (χ3v) is 5.69. The molecule has 4 aromatic carbocycles. The molecular formula is C24H17NOS. The van der Waals surface area contributed by atoms with Crippen LogP contribution in [0.1, 0.15) is 5.56 Å². The van der Waals surface area contributed by atoms with Gasteiger partial charge in [-0.05, 0) is 34.5 Å². The maximum atomic E-state index is 6.25. The van der Waals surface area contributed by atoms with Gasteiger partial charge in [-0.25, -0.2) is 4.98 Å². The molecule has 5 rings (SSSR count). The Hall–Kier alpha value is -3.17. The molecule has 1 aromatic heterocycles. The molecular weight excluding hydrogens is 350 g/mol. The molecule has 130 valence electrons. The number of fused-ring (bicyclic) bond motifs is 2. The number of benzene rings is 4. The molecule has 0 aliphatic heterocycles. The van der Waals surface area contributed by atoms with Crippen molar-refractivity contribution < 1.29 is 4.74 Å². The Bertz CT molecular complexity index is 1190. The molecule has 0 aliphatic carbocycles. The molecule has 0 bridgehead atoms. The number of hydrogen-bond donors (Lipinski definition) is 0. The first kappa shape index (κ1) is 16.0. The summed E-state index contributed by atoms with van der Waals surface area (Å²) in [5, 5.41) is 3.36. The van der Waals surface area contributed by atoms with Gasteiger partial charge in [0.15, 0.2) is 0 Å². The van der Waals surface area contributed by atoms with Gasteiger partial charge in [0.05, 0.1) is 15.8 Å². The molecule has 0 atom stereocenters. The maximum absolute atomic E-state index is 6.25. The molecule has 27 heavy (non-hydrogen) atoms. The predicted molar refractivity (Wildman–Crippen MR) is 113 cm³/mol. The lowest BCUT2D eigenvalue weighted by Gasteiger charge is -2.13. The van der Waals surface area contributed by atoms with Crippen molar-refractivity contribution in [1.82, 2.24) is 4.98 Å². The highest BCUT2D eigenvalue weighted by Gasteiger charge is 2.15. The van der Waals surface area contributed by atoms with Crippen molar-refractivity contribution in [1.29, 1.82) is 0 Å². The summed E-state index contributed by atoms with van der Waals surface area (Å²) in [5.74, 6) is 0.872. The molecule has 0 aliphatic rings. The molecule has 1 heterocycles. The first-order chi connectivity index (χ1) is 13.4. The minimum absolute atomic E-state index is 0.539. The number of para-hydroxylation sites is 1. The Kier molecular flexibility index (Phi) is 4.07. The topological polar surface area (TPSA) is 22.1 Å². The van der Waals surface area contributed by atoms with E-state index in [1.54, 1.807) is 11.3 Å². The van der Waals surface area contributed by atoms with E-state index in [2.05, 4.69) is 66.7 Å². The molecule has 2 nitrogen and oxygen atoms in total. The van der Waals surface area contributed by atoms with Crippen LogP contribution < -0.4 is 4.74 Å². The quantitative estimate of drug-likeness (QED) is 0.353. The summed E-state index contributed by atoms with van der Waals surface area (Å²) >= 11 is 1.71. The van der Waals surface area contributed by atoms with Crippen LogP contribution in [0.15, 0.2) is 91.0 Å². The fourth-order valence-corrected chi connectivity index (χ4v) is 4.34. The van der Waals surface area contributed by atoms with E-state index in [0.717, 1.165) is 27.4 Å². The molecule has 0 fully saturated rings. The summed E-state index contributed by atoms with van der Waals surface area (Å²) in [7, 11) is 0. The largest absolute Gasteiger partial charge is 0.488 e. The normalized spacial score (nSPS) is 11.1. The van der Waals surface area contributed by atoms with Crippen LogP contribution in [0, 0.1) is 0 Å². The second-order valence-corrected chi connectivity index (χ2v) is 7.45. The van der Waals surface area contributed by atoms with Crippen molar-refractivity contribution in [2.24, 2.45) is 0 Å². The van der Waals surface area contributed by atoms with E-state index in [4.69, 9.17) is 9.72 Å². The third-order valence-electron chi connectivity index (χ3n) is 4.64. The molecule has 0 saturated carbocycles. The van der Waals surface area contributed by atoms with Crippen LogP contribution in [0.5, 0.6) is 5.75 Å². The van der Waals surface area contributed by atoms with Crippen molar-refractivity contribution >= 4 is 32.3 Å². The molecule has 5 aromatic rings. The summed E-state index contributed by atoms with van der Waals surface area (Å²) in [5.41, 5.74) is 3.26. The van der Waals surface area contributed by atoms with Crippen LogP contribution in [0.4, 0.5) is 0 Å². The molecule has 0 unspecified atom stereocenters. The number of thiazole rings is 1. The summed E-state index contributed by atoms with van der Waals surface area (Å²) < 4.78 is 7.44. The molecule has 3 heteroatoms. The number of ether oxygens (including phenoxy) is 1. The Morgan fingerprint density at radius 1 is 0.741 bits per heavy atom. The van der Waals surface area contributed by atoms with E-state index >= 15 is 0 Å². The highest BCUT2D eigenvalue weighted by molar-refractivity contribution is 7.21. The van der Waals surface area contributed by atoms with Gasteiger partial charge in [-0.1, -0.05) is 72.8 Å². The zero-order valence-electron chi connectivity index (χ0n) is 14.6. The van der Waals surface area contributed by atoms with Gasteiger partial charge in [0.2, 0.25) is 0 Å². The summed E-state index contributed by atoms with van der Waals surface area (Å²) in [6.07, 6.45) is 0. The molecule has 0 amide bonds. The lowest BCUT2D eigenvalue weighted by Crippen LogP contribution is -1.97. The highest BCUT2D eigenvalue weighted by Crippen LogP contribution is 2.40. The van der Waals surface area contributed by atoms with Gasteiger partial charge in [0.1, 0.15) is 17.4 Å². The molecule has 0 saturated heterocycles. The summed E-state index contributed by atoms with van der Waals surface area (Å²) in [6, 6.07) is 31.1. The Morgan fingerprint density at radius 2 is 1.52 bits per heavy atom. The third kappa shape index (κ3) is 3.07. The molecule has 0 spiro atoms. The number of aromatic nitrogens is 1. The first-order valence-electron chi connectivity index (χ1n) is 8.93. The van der Waals surface area contributed by atoms with Crippen LogP contribution in [-0.4, -0.2) is 4.98 Å². The smallest absolute Gasteiger partial charge is 0.130 e. The SMILES string of the molecule is c1ccc(COc2ccc3ccccc3c2-c2nc3ccccc3s2)cc1. The zero-order chi connectivity index (χ0) is 18.1. The van der Waals surface area contributed by atoms with Crippen LogP contribution >= 0.6 is 11.3 Å². The van der Waals surface area contributed by atoms with Crippen LogP contribution in [0.25, 0.3) is 31.6 Å². The fourth-order valence-electron chi connectivity index (χ4n) is 3.31. The van der Waals surface area contributed by atoms with Gasteiger partial charge in [0, 0.05) is 0 Å². The summed E-state index contributed by atoms with van der Waals surface area (Å²) in [6.45, 7) is 0.539. The minimum atomic E-state index is 0.539. The summed E-state index contributed by atoms with van der Waals surface area (Å²) in [4.78, 5) is 4.89. The van der Waals surface area contributed by atoms with Gasteiger partial charge in [0.25, 0.3) is 0 Å². The van der Waals surface area contributed by atoms with Crippen LogP contribution in [0.3, 0.4) is 0 Å². The van der Waals surface area contributed by atoms with Gasteiger partial charge in [-0.3, -0.25) is 0 Å². The van der Waals surface area contributed by atoms with E-state index in [1.807, 2.05) is 24.3 Å². The maximum Gasteiger partial charge on any atom is 0.130 e. The monoisotopic (exact) mass is 367 g/mol. The van der Waals surface area contributed by atoms with Crippen molar-refractivity contribution in [2.75, 3.05) is 0 Å². The van der Waals surface area contributed by atoms with Crippen LogP contribution in [-0.2, 0) is 6.61 Å². The molecule has 0 radical (unpaired) electrons. The van der Waals surface area contributed by atoms with Gasteiger partial charge in [-0.2, -0.15) is 0 Å². The Morgan fingerprint density at radius 3 is 2.41 bits per heavy atom. The van der Waals surface area contributed by atoms with E-state index in [1.165, 1.54) is 15.5 Å². The predicted octanol–water partition coefficient (Wildman–Crippen LogP) is 6.70. The van der Waals surface area contributed by atoms with Crippen molar-refractivity contribution in [3.63, 3.8) is 0 Å². The number of hydrogen-bond acceptors (Lipinski definition) is 3. The van der Waals surface area contributed by atoms with Crippen molar-refractivity contribution in [3.05, 3.63) is 96.6 Å². The van der Waals surface area contributed by atoms with Crippen molar-refractivity contribution in [2.45, 2.75) is 6.61 Å². The van der Waals surface area contributed by atoms with E-state index in [0.29, 0.717) is 6.61 Å². The first-order valence-corrected chi connectivity index (χ1v) is 9.74. The standard InChI is InChI=1S/C24H17NOS/c1-2-8-17(9-3-1)16-26-21-15-14-18-10-4-5-11-19(18)23(21)24-25-20-12-6-7-13-22(20)27-24/h1-15H,16H2. The molecule has 0 N–H and O–H groups in total. The van der Waals surface area contributed by atoms with E-state index < -0.39 is 0 Å². The number of rotatable bonds is 4. The fraction of sp³-hybridized carbons (Fsp3) is 0.0417. The van der Waals surface area contributed by atoms with E-state index in [-0.39, 0.29) is 0 Å². The Labute approximate surface area is 161 Å². The second kappa shape index (κ2) is 6.86. The average molecular weight is 367 g/mol. The van der Waals surface area contributed by atoms with Crippen molar-refractivity contribution in [3.8, 4) is 16.3 Å². The van der Waals surface area contributed by atoms with Gasteiger partial charge >= 0.3 is 0 Å². The number of nitrogens with zero attached hydrogens (tertiary/aromatic N) is 1. The lowest BCUT2D eigenvalue weighted by molar-refractivity contribution is 0.308.